The van der Waals surface area contributed by atoms with Crippen molar-refractivity contribution in [3.05, 3.63) is 58.0 Å². The maximum Gasteiger partial charge on any atom is 0.121 e. The van der Waals surface area contributed by atoms with Crippen LogP contribution < -0.4 is 5.32 Å². The van der Waals surface area contributed by atoms with E-state index in [1.807, 2.05) is 24.3 Å². The molecule has 1 N–H and O–H groups in total. The van der Waals surface area contributed by atoms with Gasteiger partial charge in [-0.15, -0.1) is 0 Å². The second kappa shape index (κ2) is 6.28. The van der Waals surface area contributed by atoms with Gasteiger partial charge in [0, 0.05) is 10.0 Å². The van der Waals surface area contributed by atoms with Crippen LogP contribution in [-0.4, -0.2) is 6.54 Å². The van der Waals surface area contributed by atoms with Crippen LogP contribution in [0.3, 0.4) is 0 Å². The summed E-state index contributed by atoms with van der Waals surface area (Å²) in [5, 5.41) is 4.74. The van der Waals surface area contributed by atoms with Crippen LogP contribution in [0.15, 0.2) is 41.0 Å². The topological polar surface area (TPSA) is 25.2 Å². The lowest BCUT2D eigenvalue weighted by molar-refractivity contribution is 0.416. The Morgan fingerprint density at radius 3 is 2.72 bits per heavy atom. The van der Waals surface area contributed by atoms with Crippen molar-refractivity contribution >= 4 is 23.2 Å². The number of nitrogens with one attached hydrogen (secondary N) is 1. The summed E-state index contributed by atoms with van der Waals surface area (Å²) in [7, 11) is 0. The SMILES string of the molecule is CCNC(Cc1ccc(Cl)cc1Cl)c1ccco1. The number of furan rings is 1. The molecule has 1 aromatic heterocycles. The van der Waals surface area contributed by atoms with E-state index >= 15 is 0 Å². The summed E-state index contributed by atoms with van der Waals surface area (Å²) >= 11 is 12.1. The zero-order chi connectivity index (χ0) is 13.0. The summed E-state index contributed by atoms with van der Waals surface area (Å²) < 4.78 is 5.45. The second-order valence-corrected chi connectivity index (χ2v) is 4.91. The van der Waals surface area contributed by atoms with Crippen molar-refractivity contribution in [1.29, 1.82) is 0 Å². The Morgan fingerprint density at radius 2 is 2.11 bits per heavy atom. The molecule has 96 valence electrons. The molecule has 4 heteroatoms. The first-order valence-corrected chi connectivity index (χ1v) is 6.67. The van der Waals surface area contributed by atoms with E-state index in [2.05, 4.69) is 12.2 Å². The van der Waals surface area contributed by atoms with Crippen LogP contribution in [0.2, 0.25) is 10.0 Å². The highest BCUT2D eigenvalue weighted by molar-refractivity contribution is 6.35. The monoisotopic (exact) mass is 283 g/mol. The average molecular weight is 284 g/mol. The number of benzene rings is 1. The molecule has 0 aliphatic heterocycles. The first-order chi connectivity index (χ1) is 8.70. The zero-order valence-electron chi connectivity index (χ0n) is 10.1. The average Bonchev–Trinajstić information content (AvgIpc) is 2.85. The Balaban J connectivity index is 2.18. The predicted molar refractivity (Wildman–Crippen MR) is 75.3 cm³/mol. The molecule has 2 nitrogen and oxygen atoms in total. The fraction of sp³-hybridized carbons (Fsp3) is 0.286. The number of hydrogen-bond acceptors (Lipinski definition) is 2. The molecule has 0 spiro atoms. The molecule has 1 atom stereocenters. The van der Waals surface area contributed by atoms with E-state index in [4.69, 9.17) is 27.6 Å². The highest BCUT2D eigenvalue weighted by Crippen LogP contribution is 2.26. The first-order valence-electron chi connectivity index (χ1n) is 5.91. The molecule has 2 aromatic rings. The normalized spacial score (nSPS) is 12.6. The number of likely N-dealkylation sites (N-methyl/N-ethyl adjacent to an activating group) is 1. The summed E-state index contributed by atoms with van der Waals surface area (Å²) in [6, 6.07) is 9.57. The van der Waals surface area contributed by atoms with Crippen molar-refractivity contribution in [2.45, 2.75) is 19.4 Å². The molecule has 1 unspecified atom stereocenters. The largest absolute Gasteiger partial charge is 0.468 e. The van der Waals surface area contributed by atoms with Crippen molar-refractivity contribution in [3.63, 3.8) is 0 Å². The molecular weight excluding hydrogens is 269 g/mol. The van der Waals surface area contributed by atoms with Crippen LogP contribution >= 0.6 is 23.2 Å². The molecule has 0 saturated heterocycles. The van der Waals surface area contributed by atoms with Crippen LogP contribution in [0.4, 0.5) is 0 Å². The van der Waals surface area contributed by atoms with Gasteiger partial charge in [-0.05, 0) is 42.8 Å². The van der Waals surface area contributed by atoms with Crippen LogP contribution in [-0.2, 0) is 6.42 Å². The third-order valence-electron chi connectivity index (χ3n) is 2.78. The Labute approximate surface area is 117 Å². The highest BCUT2D eigenvalue weighted by atomic mass is 35.5. The zero-order valence-corrected chi connectivity index (χ0v) is 11.6. The minimum atomic E-state index is 0.128. The maximum absolute atomic E-state index is 6.19. The Morgan fingerprint density at radius 1 is 1.28 bits per heavy atom. The predicted octanol–water partition coefficient (Wildman–Crippen LogP) is 4.48. The van der Waals surface area contributed by atoms with Gasteiger partial charge in [0.2, 0.25) is 0 Å². The molecule has 2 rings (SSSR count). The maximum atomic E-state index is 6.19. The van der Waals surface area contributed by atoms with Crippen LogP contribution in [0.25, 0.3) is 0 Å². The van der Waals surface area contributed by atoms with Crippen molar-refractivity contribution in [2.24, 2.45) is 0 Å². The lowest BCUT2D eigenvalue weighted by Gasteiger charge is -2.16. The fourth-order valence-corrected chi connectivity index (χ4v) is 2.40. The van der Waals surface area contributed by atoms with Crippen LogP contribution in [0.1, 0.15) is 24.3 Å². The third-order valence-corrected chi connectivity index (χ3v) is 3.36. The van der Waals surface area contributed by atoms with Gasteiger partial charge in [0.15, 0.2) is 0 Å². The third kappa shape index (κ3) is 3.29. The lowest BCUT2D eigenvalue weighted by atomic mass is 10.0. The van der Waals surface area contributed by atoms with E-state index in [9.17, 15) is 0 Å². The van der Waals surface area contributed by atoms with Gasteiger partial charge in [0.05, 0.1) is 12.3 Å². The fourth-order valence-electron chi connectivity index (χ4n) is 1.92. The summed E-state index contributed by atoms with van der Waals surface area (Å²) in [4.78, 5) is 0. The smallest absolute Gasteiger partial charge is 0.121 e. The summed E-state index contributed by atoms with van der Waals surface area (Å²) in [5.74, 6) is 0.919. The van der Waals surface area contributed by atoms with E-state index in [0.717, 1.165) is 24.3 Å². The summed E-state index contributed by atoms with van der Waals surface area (Å²) in [6.45, 7) is 2.94. The Bertz CT molecular complexity index is 497. The van der Waals surface area contributed by atoms with Gasteiger partial charge >= 0.3 is 0 Å². The molecule has 18 heavy (non-hydrogen) atoms. The van der Waals surface area contributed by atoms with Crippen LogP contribution in [0.5, 0.6) is 0 Å². The molecule has 0 saturated carbocycles. The van der Waals surface area contributed by atoms with Crippen molar-refractivity contribution in [1.82, 2.24) is 5.32 Å². The van der Waals surface area contributed by atoms with Crippen molar-refractivity contribution < 1.29 is 4.42 Å². The van der Waals surface area contributed by atoms with Gasteiger partial charge in [0.1, 0.15) is 5.76 Å². The Hall–Kier alpha value is -0.960. The molecule has 1 aromatic carbocycles. The second-order valence-electron chi connectivity index (χ2n) is 4.07. The highest BCUT2D eigenvalue weighted by Gasteiger charge is 2.15. The number of rotatable bonds is 5. The van der Waals surface area contributed by atoms with Crippen molar-refractivity contribution in [2.75, 3.05) is 6.54 Å². The molecule has 0 amide bonds. The molecule has 0 fully saturated rings. The molecule has 0 radical (unpaired) electrons. The van der Waals surface area contributed by atoms with Crippen molar-refractivity contribution in [3.8, 4) is 0 Å². The first kappa shape index (κ1) is 13.5. The van der Waals surface area contributed by atoms with Gasteiger partial charge in [-0.3, -0.25) is 0 Å². The molecule has 0 bridgehead atoms. The van der Waals surface area contributed by atoms with Crippen LogP contribution in [0, 0.1) is 0 Å². The summed E-state index contributed by atoms with van der Waals surface area (Å²) in [6.07, 6.45) is 2.46. The minimum absolute atomic E-state index is 0.128. The van der Waals surface area contributed by atoms with Gasteiger partial charge < -0.3 is 9.73 Å². The number of halogens is 2. The van der Waals surface area contributed by atoms with E-state index in [1.54, 1.807) is 12.3 Å². The molecule has 1 heterocycles. The molecular formula is C14H15Cl2NO. The van der Waals surface area contributed by atoms with E-state index in [1.165, 1.54) is 0 Å². The minimum Gasteiger partial charge on any atom is -0.468 e. The standard InChI is InChI=1S/C14H15Cl2NO/c1-2-17-13(14-4-3-7-18-14)8-10-5-6-11(15)9-12(10)16/h3-7,9,13,17H,2,8H2,1H3. The summed E-state index contributed by atoms with van der Waals surface area (Å²) in [5.41, 5.74) is 1.06. The molecule has 0 aliphatic rings. The van der Waals surface area contributed by atoms with E-state index in [0.29, 0.717) is 10.0 Å². The van der Waals surface area contributed by atoms with Gasteiger partial charge in [-0.25, -0.2) is 0 Å². The Kier molecular flexibility index (Phi) is 4.70. The molecule has 0 aliphatic carbocycles. The van der Waals surface area contributed by atoms with Gasteiger partial charge in [0.25, 0.3) is 0 Å². The lowest BCUT2D eigenvalue weighted by Crippen LogP contribution is -2.22. The van der Waals surface area contributed by atoms with E-state index < -0.39 is 0 Å². The van der Waals surface area contributed by atoms with Gasteiger partial charge in [-0.2, -0.15) is 0 Å². The number of hydrogen-bond donors (Lipinski definition) is 1. The van der Waals surface area contributed by atoms with E-state index in [-0.39, 0.29) is 6.04 Å². The quantitative estimate of drug-likeness (QED) is 0.875. The van der Waals surface area contributed by atoms with Gasteiger partial charge in [-0.1, -0.05) is 36.2 Å².